The van der Waals surface area contributed by atoms with Crippen molar-refractivity contribution in [1.29, 1.82) is 0 Å². The molecule has 1 aromatic rings. The summed E-state index contributed by atoms with van der Waals surface area (Å²) in [7, 11) is 0. The van der Waals surface area contributed by atoms with Crippen LogP contribution < -0.4 is 10.5 Å². The first-order chi connectivity index (χ1) is 6.50. The Labute approximate surface area is 89.4 Å². The minimum Gasteiger partial charge on any atom is -0.479 e. The molecule has 0 amide bonds. The van der Waals surface area contributed by atoms with Crippen LogP contribution in [-0.4, -0.2) is 22.7 Å². The number of carboxylic acids is 1. The maximum Gasteiger partial charge on any atom is 0.341 e. The summed E-state index contributed by atoms with van der Waals surface area (Å²) >= 11 is 11.3. The van der Waals surface area contributed by atoms with Crippen molar-refractivity contribution in [3.63, 3.8) is 0 Å². The highest BCUT2D eigenvalue weighted by atomic mass is 35.5. The zero-order valence-corrected chi connectivity index (χ0v) is 8.34. The molecule has 0 aliphatic carbocycles. The fourth-order valence-electron chi connectivity index (χ4n) is 0.694. The summed E-state index contributed by atoms with van der Waals surface area (Å²) in [6.07, 6.45) is 0. The van der Waals surface area contributed by atoms with E-state index < -0.39 is 12.6 Å². The molecule has 0 aliphatic rings. The molecular formula is C7H6Cl2N2O3. The van der Waals surface area contributed by atoms with Crippen molar-refractivity contribution in [3.8, 4) is 5.88 Å². The molecule has 0 aliphatic heterocycles. The normalized spacial score (nSPS) is 9.86. The number of nitrogen functional groups attached to an aromatic ring is 1. The molecule has 0 saturated carbocycles. The number of halogens is 2. The highest BCUT2D eigenvalue weighted by Crippen LogP contribution is 2.28. The van der Waals surface area contributed by atoms with Crippen molar-refractivity contribution in [1.82, 2.24) is 4.98 Å². The number of carboxylic acid groups (broad SMARTS) is 1. The molecule has 0 unspecified atom stereocenters. The predicted octanol–water partition coefficient (Wildman–Crippen LogP) is 1.43. The summed E-state index contributed by atoms with van der Waals surface area (Å²) in [5.41, 5.74) is 5.37. The van der Waals surface area contributed by atoms with Crippen molar-refractivity contribution in [2.75, 3.05) is 12.3 Å². The van der Waals surface area contributed by atoms with Gasteiger partial charge in [-0.1, -0.05) is 23.2 Å². The zero-order chi connectivity index (χ0) is 10.7. The highest BCUT2D eigenvalue weighted by molar-refractivity contribution is 6.36. The van der Waals surface area contributed by atoms with Crippen LogP contribution in [0.15, 0.2) is 6.07 Å². The Morgan fingerprint density at radius 1 is 1.57 bits per heavy atom. The number of aromatic nitrogens is 1. The van der Waals surface area contributed by atoms with Crippen LogP contribution in [0.4, 0.5) is 5.82 Å². The zero-order valence-electron chi connectivity index (χ0n) is 6.83. The van der Waals surface area contributed by atoms with E-state index in [9.17, 15) is 4.79 Å². The first-order valence-corrected chi connectivity index (χ1v) is 4.22. The van der Waals surface area contributed by atoms with Gasteiger partial charge in [-0.2, -0.15) is 4.98 Å². The second-order valence-electron chi connectivity index (χ2n) is 2.32. The van der Waals surface area contributed by atoms with E-state index in [1.165, 1.54) is 6.07 Å². The standard InChI is InChI=1S/C7H6Cl2N2O3/c8-3-1-4(9)7(11-6(3)10)14-2-5(12)13/h1H,2H2,(H2,10,11)(H,12,13). The molecule has 1 rings (SSSR count). The van der Waals surface area contributed by atoms with E-state index >= 15 is 0 Å². The number of carbonyl (C=O) groups is 1. The van der Waals surface area contributed by atoms with Crippen LogP contribution in [0.5, 0.6) is 5.88 Å². The molecular weight excluding hydrogens is 231 g/mol. The second kappa shape index (κ2) is 4.34. The molecule has 1 aromatic heterocycles. The van der Waals surface area contributed by atoms with Gasteiger partial charge in [0.05, 0.1) is 5.02 Å². The lowest BCUT2D eigenvalue weighted by molar-refractivity contribution is -0.139. The van der Waals surface area contributed by atoms with E-state index in [1.54, 1.807) is 0 Å². The fourth-order valence-corrected chi connectivity index (χ4v) is 1.11. The van der Waals surface area contributed by atoms with Gasteiger partial charge in [-0.25, -0.2) is 4.79 Å². The van der Waals surface area contributed by atoms with Crippen LogP contribution in [0, 0.1) is 0 Å². The Morgan fingerprint density at radius 3 is 2.79 bits per heavy atom. The smallest absolute Gasteiger partial charge is 0.341 e. The number of ether oxygens (including phenoxy) is 1. The van der Waals surface area contributed by atoms with Gasteiger partial charge in [0.2, 0.25) is 5.88 Å². The molecule has 0 fully saturated rings. The van der Waals surface area contributed by atoms with E-state index in [4.69, 9.17) is 38.8 Å². The molecule has 5 nitrogen and oxygen atoms in total. The van der Waals surface area contributed by atoms with Gasteiger partial charge >= 0.3 is 5.97 Å². The quantitative estimate of drug-likeness (QED) is 0.830. The van der Waals surface area contributed by atoms with Crippen molar-refractivity contribution in [3.05, 3.63) is 16.1 Å². The van der Waals surface area contributed by atoms with E-state index in [0.29, 0.717) is 0 Å². The maximum absolute atomic E-state index is 10.2. The third-order valence-electron chi connectivity index (χ3n) is 1.26. The lowest BCUT2D eigenvalue weighted by Gasteiger charge is -2.05. The molecule has 14 heavy (non-hydrogen) atoms. The Kier molecular flexibility index (Phi) is 3.38. The summed E-state index contributed by atoms with van der Waals surface area (Å²) in [5.74, 6) is -1.14. The molecule has 0 aromatic carbocycles. The Hall–Kier alpha value is -1.20. The van der Waals surface area contributed by atoms with Crippen molar-refractivity contribution in [2.45, 2.75) is 0 Å². The second-order valence-corrected chi connectivity index (χ2v) is 3.14. The minimum absolute atomic E-state index is 0.0384. The van der Waals surface area contributed by atoms with Gasteiger partial charge in [0.25, 0.3) is 0 Å². The van der Waals surface area contributed by atoms with Gasteiger partial charge in [0.15, 0.2) is 6.61 Å². The Balaban J connectivity index is 2.87. The van der Waals surface area contributed by atoms with Gasteiger partial charge < -0.3 is 15.6 Å². The fraction of sp³-hybridized carbons (Fsp3) is 0.143. The van der Waals surface area contributed by atoms with Crippen LogP contribution in [0.2, 0.25) is 10.0 Å². The summed E-state index contributed by atoms with van der Waals surface area (Å²) < 4.78 is 4.75. The van der Waals surface area contributed by atoms with Crippen LogP contribution in [-0.2, 0) is 4.79 Å². The SMILES string of the molecule is Nc1nc(OCC(=O)O)c(Cl)cc1Cl. The third-order valence-corrected chi connectivity index (χ3v) is 1.83. The number of rotatable bonds is 3. The number of pyridine rings is 1. The molecule has 0 radical (unpaired) electrons. The number of hydrogen-bond donors (Lipinski definition) is 2. The summed E-state index contributed by atoms with van der Waals surface area (Å²) in [4.78, 5) is 13.9. The van der Waals surface area contributed by atoms with Crippen LogP contribution in [0.1, 0.15) is 0 Å². The molecule has 0 atom stereocenters. The number of hydrogen-bond acceptors (Lipinski definition) is 4. The van der Waals surface area contributed by atoms with Crippen LogP contribution >= 0.6 is 23.2 Å². The number of anilines is 1. The van der Waals surface area contributed by atoms with Crippen LogP contribution in [0.25, 0.3) is 0 Å². The van der Waals surface area contributed by atoms with Gasteiger partial charge in [-0.3, -0.25) is 0 Å². The molecule has 76 valence electrons. The van der Waals surface area contributed by atoms with E-state index in [1.807, 2.05) is 0 Å². The lowest BCUT2D eigenvalue weighted by atomic mass is 10.4. The summed E-state index contributed by atoms with van der Waals surface area (Å²) in [6.45, 7) is -0.534. The molecule has 0 saturated heterocycles. The van der Waals surface area contributed by atoms with E-state index in [0.717, 1.165) is 0 Å². The topological polar surface area (TPSA) is 85.4 Å². The molecule has 0 spiro atoms. The van der Waals surface area contributed by atoms with Gasteiger partial charge in [-0.15, -0.1) is 0 Å². The van der Waals surface area contributed by atoms with Crippen molar-refractivity contribution >= 4 is 35.0 Å². The number of aliphatic carboxylic acids is 1. The van der Waals surface area contributed by atoms with Crippen LogP contribution in [0.3, 0.4) is 0 Å². The number of nitrogens with zero attached hydrogens (tertiary/aromatic N) is 1. The first-order valence-electron chi connectivity index (χ1n) is 3.47. The molecule has 1 heterocycles. The highest BCUT2D eigenvalue weighted by Gasteiger charge is 2.09. The Bertz CT molecular complexity index is 370. The van der Waals surface area contributed by atoms with Crippen molar-refractivity contribution < 1.29 is 14.6 Å². The largest absolute Gasteiger partial charge is 0.479 e. The van der Waals surface area contributed by atoms with E-state index in [2.05, 4.69) is 4.98 Å². The summed E-state index contributed by atoms with van der Waals surface area (Å²) in [6, 6.07) is 1.34. The molecule has 3 N–H and O–H groups in total. The average Bonchev–Trinajstić information content (AvgIpc) is 2.09. The minimum atomic E-state index is -1.13. The van der Waals surface area contributed by atoms with Crippen molar-refractivity contribution in [2.24, 2.45) is 0 Å². The third kappa shape index (κ3) is 2.65. The van der Waals surface area contributed by atoms with E-state index in [-0.39, 0.29) is 21.7 Å². The Morgan fingerprint density at radius 2 is 2.21 bits per heavy atom. The predicted molar refractivity (Wildman–Crippen MR) is 51.8 cm³/mol. The van der Waals surface area contributed by atoms with Gasteiger partial charge in [0, 0.05) is 0 Å². The monoisotopic (exact) mass is 236 g/mol. The molecule has 0 bridgehead atoms. The summed E-state index contributed by atoms with van der Waals surface area (Å²) in [5, 5.41) is 8.64. The average molecular weight is 237 g/mol. The molecule has 7 heteroatoms. The van der Waals surface area contributed by atoms with Gasteiger partial charge in [0.1, 0.15) is 10.8 Å². The maximum atomic E-state index is 10.2. The lowest BCUT2D eigenvalue weighted by Crippen LogP contribution is -2.11. The first kappa shape index (κ1) is 10.9. The number of nitrogens with two attached hydrogens (primary N) is 1. The van der Waals surface area contributed by atoms with Gasteiger partial charge in [-0.05, 0) is 6.07 Å².